The predicted octanol–water partition coefficient (Wildman–Crippen LogP) is 2.78. The Morgan fingerprint density at radius 3 is 2.53 bits per heavy atom. The summed E-state index contributed by atoms with van der Waals surface area (Å²) in [6.07, 6.45) is 5.21. The van der Waals surface area contributed by atoms with E-state index in [0.29, 0.717) is 5.75 Å². The van der Waals surface area contributed by atoms with E-state index in [4.69, 9.17) is 4.74 Å². The molecule has 1 heterocycles. The van der Waals surface area contributed by atoms with E-state index in [9.17, 15) is 5.11 Å². The van der Waals surface area contributed by atoms with Gasteiger partial charge in [-0.15, -0.1) is 0 Å². The second-order valence-electron chi connectivity index (χ2n) is 4.69. The Morgan fingerprint density at radius 2 is 1.88 bits per heavy atom. The first-order valence-electron chi connectivity index (χ1n) is 6.38. The Bertz CT molecular complexity index is 357. The minimum absolute atomic E-state index is 0.370. The van der Waals surface area contributed by atoms with Crippen molar-refractivity contribution in [2.45, 2.75) is 32.2 Å². The van der Waals surface area contributed by atoms with E-state index < -0.39 is 0 Å². The SMILES string of the molecule is COc1ccc(O)c(CN2CCCCCC2)c1. The van der Waals surface area contributed by atoms with Gasteiger partial charge in [-0.05, 0) is 44.1 Å². The quantitative estimate of drug-likeness (QED) is 0.874. The molecule has 0 unspecified atom stereocenters. The van der Waals surface area contributed by atoms with Crippen LogP contribution in [0.4, 0.5) is 0 Å². The van der Waals surface area contributed by atoms with Crippen molar-refractivity contribution in [1.82, 2.24) is 4.90 Å². The van der Waals surface area contributed by atoms with E-state index in [1.165, 1.54) is 25.7 Å². The van der Waals surface area contributed by atoms with Crippen molar-refractivity contribution in [1.29, 1.82) is 0 Å². The molecule has 3 nitrogen and oxygen atoms in total. The average molecular weight is 235 g/mol. The van der Waals surface area contributed by atoms with Crippen LogP contribution in [0.15, 0.2) is 18.2 Å². The molecule has 1 aromatic carbocycles. The monoisotopic (exact) mass is 235 g/mol. The van der Waals surface area contributed by atoms with Crippen LogP contribution in [0.2, 0.25) is 0 Å². The summed E-state index contributed by atoms with van der Waals surface area (Å²) in [5.41, 5.74) is 0.964. The van der Waals surface area contributed by atoms with Crippen molar-refractivity contribution >= 4 is 0 Å². The van der Waals surface area contributed by atoms with Gasteiger partial charge in [-0.25, -0.2) is 0 Å². The van der Waals surface area contributed by atoms with Gasteiger partial charge < -0.3 is 9.84 Å². The van der Waals surface area contributed by atoms with E-state index in [1.54, 1.807) is 19.2 Å². The molecular weight excluding hydrogens is 214 g/mol. The molecule has 0 saturated carbocycles. The Balaban J connectivity index is 2.05. The van der Waals surface area contributed by atoms with Crippen LogP contribution >= 0.6 is 0 Å². The number of aromatic hydroxyl groups is 1. The van der Waals surface area contributed by atoms with E-state index >= 15 is 0 Å². The lowest BCUT2D eigenvalue weighted by Crippen LogP contribution is -2.23. The molecule has 0 atom stereocenters. The molecule has 2 rings (SSSR count). The van der Waals surface area contributed by atoms with Gasteiger partial charge in [0.25, 0.3) is 0 Å². The summed E-state index contributed by atoms with van der Waals surface area (Å²) in [4.78, 5) is 2.42. The molecule has 94 valence electrons. The van der Waals surface area contributed by atoms with Crippen molar-refractivity contribution in [3.05, 3.63) is 23.8 Å². The number of benzene rings is 1. The molecule has 1 fully saturated rings. The van der Waals surface area contributed by atoms with Crippen LogP contribution in [0.25, 0.3) is 0 Å². The first kappa shape index (κ1) is 12.2. The fraction of sp³-hybridized carbons (Fsp3) is 0.571. The Labute approximate surface area is 103 Å². The lowest BCUT2D eigenvalue weighted by molar-refractivity contribution is 0.272. The van der Waals surface area contributed by atoms with E-state index in [0.717, 1.165) is 30.9 Å². The summed E-state index contributed by atoms with van der Waals surface area (Å²) in [5.74, 6) is 1.18. The molecule has 1 aromatic rings. The highest BCUT2D eigenvalue weighted by atomic mass is 16.5. The lowest BCUT2D eigenvalue weighted by Gasteiger charge is -2.20. The third kappa shape index (κ3) is 3.37. The molecule has 0 amide bonds. The molecule has 1 aliphatic heterocycles. The number of rotatable bonds is 3. The topological polar surface area (TPSA) is 32.7 Å². The van der Waals surface area contributed by atoms with Crippen LogP contribution in [0, 0.1) is 0 Å². The molecule has 3 heteroatoms. The largest absolute Gasteiger partial charge is 0.508 e. The van der Waals surface area contributed by atoms with Crippen LogP contribution in [-0.4, -0.2) is 30.2 Å². The van der Waals surface area contributed by atoms with Crippen LogP contribution in [0.3, 0.4) is 0 Å². The molecule has 0 aliphatic carbocycles. The first-order valence-corrected chi connectivity index (χ1v) is 6.38. The number of hydrogen-bond acceptors (Lipinski definition) is 3. The van der Waals surface area contributed by atoms with Gasteiger partial charge in [-0.1, -0.05) is 12.8 Å². The summed E-state index contributed by atoms with van der Waals surface area (Å²) in [7, 11) is 1.65. The number of hydrogen-bond donors (Lipinski definition) is 1. The summed E-state index contributed by atoms with van der Waals surface area (Å²) < 4.78 is 5.19. The molecule has 0 aromatic heterocycles. The number of nitrogens with zero attached hydrogens (tertiary/aromatic N) is 1. The predicted molar refractivity (Wildman–Crippen MR) is 68.4 cm³/mol. The van der Waals surface area contributed by atoms with E-state index in [2.05, 4.69) is 4.90 Å². The van der Waals surface area contributed by atoms with Crippen molar-refractivity contribution < 1.29 is 9.84 Å². The zero-order valence-corrected chi connectivity index (χ0v) is 10.5. The molecule has 0 radical (unpaired) electrons. The smallest absolute Gasteiger partial charge is 0.120 e. The van der Waals surface area contributed by atoms with Gasteiger partial charge in [-0.3, -0.25) is 4.90 Å². The molecule has 0 bridgehead atoms. The minimum atomic E-state index is 0.370. The Morgan fingerprint density at radius 1 is 1.18 bits per heavy atom. The second-order valence-corrected chi connectivity index (χ2v) is 4.69. The fourth-order valence-electron chi connectivity index (χ4n) is 2.35. The third-order valence-electron chi connectivity index (χ3n) is 3.38. The highest BCUT2D eigenvalue weighted by Gasteiger charge is 2.12. The number of ether oxygens (including phenoxy) is 1. The molecule has 1 aliphatic rings. The first-order chi connectivity index (χ1) is 8.29. The summed E-state index contributed by atoms with van der Waals surface area (Å²) in [6.45, 7) is 3.09. The Kier molecular flexibility index (Phi) is 4.26. The van der Waals surface area contributed by atoms with Crippen molar-refractivity contribution in [2.24, 2.45) is 0 Å². The maximum absolute atomic E-state index is 9.85. The molecule has 1 N–H and O–H groups in total. The molecule has 17 heavy (non-hydrogen) atoms. The zero-order chi connectivity index (χ0) is 12.1. The van der Waals surface area contributed by atoms with Crippen molar-refractivity contribution in [3.8, 4) is 11.5 Å². The Hall–Kier alpha value is -1.22. The van der Waals surface area contributed by atoms with Crippen LogP contribution in [-0.2, 0) is 6.54 Å². The summed E-state index contributed by atoms with van der Waals surface area (Å²) >= 11 is 0. The number of likely N-dealkylation sites (tertiary alicyclic amines) is 1. The number of phenolic OH excluding ortho intramolecular Hbond substituents is 1. The van der Waals surface area contributed by atoms with Gasteiger partial charge in [-0.2, -0.15) is 0 Å². The lowest BCUT2D eigenvalue weighted by atomic mass is 10.1. The van der Waals surface area contributed by atoms with Gasteiger partial charge in [0.2, 0.25) is 0 Å². The van der Waals surface area contributed by atoms with Gasteiger partial charge in [0, 0.05) is 12.1 Å². The molecule has 1 saturated heterocycles. The van der Waals surface area contributed by atoms with Crippen molar-refractivity contribution in [2.75, 3.05) is 20.2 Å². The molecular formula is C14H21NO2. The maximum Gasteiger partial charge on any atom is 0.120 e. The normalized spacial score (nSPS) is 17.7. The van der Waals surface area contributed by atoms with Gasteiger partial charge in [0.05, 0.1) is 7.11 Å². The van der Waals surface area contributed by atoms with Crippen LogP contribution in [0.1, 0.15) is 31.2 Å². The van der Waals surface area contributed by atoms with E-state index in [1.807, 2.05) is 6.07 Å². The summed E-state index contributed by atoms with van der Waals surface area (Å²) in [5, 5.41) is 9.85. The van der Waals surface area contributed by atoms with Crippen LogP contribution in [0.5, 0.6) is 11.5 Å². The second kappa shape index (κ2) is 5.92. The number of phenols is 1. The molecule has 0 spiro atoms. The van der Waals surface area contributed by atoms with Gasteiger partial charge in [0.1, 0.15) is 11.5 Å². The minimum Gasteiger partial charge on any atom is -0.508 e. The zero-order valence-electron chi connectivity index (χ0n) is 10.5. The highest BCUT2D eigenvalue weighted by molar-refractivity contribution is 5.39. The third-order valence-corrected chi connectivity index (χ3v) is 3.38. The number of methoxy groups -OCH3 is 1. The van der Waals surface area contributed by atoms with E-state index in [-0.39, 0.29) is 0 Å². The van der Waals surface area contributed by atoms with Crippen LogP contribution < -0.4 is 4.74 Å². The summed E-state index contributed by atoms with van der Waals surface area (Å²) in [6, 6.07) is 5.44. The standard InChI is InChI=1S/C14H21NO2/c1-17-13-6-7-14(16)12(10-13)11-15-8-4-2-3-5-9-15/h6-7,10,16H,2-5,8-9,11H2,1H3. The average Bonchev–Trinajstić information content (AvgIpc) is 2.60. The fourth-order valence-corrected chi connectivity index (χ4v) is 2.35. The van der Waals surface area contributed by atoms with Crippen molar-refractivity contribution in [3.63, 3.8) is 0 Å². The maximum atomic E-state index is 9.85. The van der Waals surface area contributed by atoms with Gasteiger partial charge >= 0.3 is 0 Å². The van der Waals surface area contributed by atoms with Gasteiger partial charge in [0.15, 0.2) is 0 Å². The highest BCUT2D eigenvalue weighted by Crippen LogP contribution is 2.25.